The molecule has 1 unspecified atom stereocenters. The predicted molar refractivity (Wildman–Crippen MR) is 74.8 cm³/mol. The van der Waals surface area contributed by atoms with Gasteiger partial charge in [-0.1, -0.05) is 11.8 Å². The summed E-state index contributed by atoms with van der Waals surface area (Å²) in [6, 6.07) is 1.38. The summed E-state index contributed by atoms with van der Waals surface area (Å²) < 4.78 is 0. The van der Waals surface area contributed by atoms with Crippen LogP contribution in [0.5, 0.6) is 0 Å². The lowest BCUT2D eigenvalue weighted by molar-refractivity contribution is -0.117. The fraction of sp³-hybridized carbons (Fsp3) is 0.385. The van der Waals surface area contributed by atoms with Gasteiger partial charge in [-0.05, 0) is 12.0 Å². The molecular weight excluding hydrogens is 280 g/mol. The molecule has 0 aliphatic carbocycles. The fourth-order valence-corrected chi connectivity index (χ4v) is 2.84. The molecule has 6 nitrogen and oxygen atoms in total. The normalized spacial score (nSPS) is 18.4. The summed E-state index contributed by atoms with van der Waals surface area (Å²) in [6.45, 7) is 1.91. The Morgan fingerprint density at radius 1 is 1.55 bits per heavy atom. The number of hydrogen-bond acceptors (Lipinski definition) is 5. The van der Waals surface area contributed by atoms with E-state index in [1.165, 1.54) is 42.0 Å². The first-order valence-electron chi connectivity index (χ1n) is 6.10. The Balaban J connectivity index is 2.16. The van der Waals surface area contributed by atoms with E-state index in [1.54, 1.807) is 0 Å². The van der Waals surface area contributed by atoms with Crippen molar-refractivity contribution in [3.63, 3.8) is 0 Å². The number of carbonyl (C=O) groups excluding carboxylic acids is 2. The number of carboxylic acids is 1. The van der Waals surface area contributed by atoms with Crippen LogP contribution in [0.3, 0.4) is 0 Å². The second-order valence-electron chi connectivity index (χ2n) is 4.58. The first-order chi connectivity index (χ1) is 9.49. The minimum absolute atomic E-state index is 0.0171. The molecule has 1 aromatic rings. The summed E-state index contributed by atoms with van der Waals surface area (Å²) in [6.07, 6.45) is 3.10. The van der Waals surface area contributed by atoms with Gasteiger partial charge in [0.15, 0.2) is 5.12 Å². The average molecular weight is 294 g/mol. The molecule has 2 rings (SSSR count). The summed E-state index contributed by atoms with van der Waals surface area (Å²) in [5, 5.41) is 9.16. The number of aromatic carboxylic acids is 1. The van der Waals surface area contributed by atoms with Crippen LogP contribution in [0.25, 0.3) is 0 Å². The largest absolute Gasteiger partial charge is 0.478 e. The van der Waals surface area contributed by atoms with Crippen LogP contribution in [0, 0.1) is 5.92 Å². The SMILES string of the molecule is CC(=O)SCC1CC(=O)N(c2cnccc2C(=O)O)C1. The number of thioether (sulfide) groups is 1. The molecule has 106 valence electrons. The second kappa shape index (κ2) is 6.04. The summed E-state index contributed by atoms with van der Waals surface area (Å²) in [5.74, 6) is -0.593. The van der Waals surface area contributed by atoms with E-state index in [0.29, 0.717) is 24.4 Å². The molecule has 2 heterocycles. The molecule has 1 aliphatic rings. The Hall–Kier alpha value is -1.89. The van der Waals surface area contributed by atoms with Crippen molar-refractivity contribution in [2.75, 3.05) is 17.2 Å². The van der Waals surface area contributed by atoms with Crippen molar-refractivity contribution in [2.24, 2.45) is 5.92 Å². The topological polar surface area (TPSA) is 87.6 Å². The highest BCUT2D eigenvalue weighted by Crippen LogP contribution is 2.29. The molecule has 20 heavy (non-hydrogen) atoms. The van der Waals surface area contributed by atoms with Crippen molar-refractivity contribution >= 4 is 34.4 Å². The Kier molecular flexibility index (Phi) is 4.39. The monoisotopic (exact) mass is 294 g/mol. The third kappa shape index (κ3) is 3.16. The van der Waals surface area contributed by atoms with E-state index in [4.69, 9.17) is 5.11 Å². The van der Waals surface area contributed by atoms with E-state index in [2.05, 4.69) is 4.98 Å². The number of pyridine rings is 1. The van der Waals surface area contributed by atoms with Crippen LogP contribution in [-0.4, -0.2) is 39.4 Å². The molecule has 0 spiro atoms. The maximum Gasteiger partial charge on any atom is 0.337 e. The van der Waals surface area contributed by atoms with Crippen LogP contribution in [-0.2, 0) is 9.59 Å². The number of carbonyl (C=O) groups is 3. The van der Waals surface area contributed by atoms with Gasteiger partial charge in [0.1, 0.15) is 0 Å². The number of amides is 1. The smallest absolute Gasteiger partial charge is 0.337 e. The van der Waals surface area contributed by atoms with Gasteiger partial charge in [-0.15, -0.1) is 0 Å². The zero-order chi connectivity index (χ0) is 14.7. The molecule has 1 aromatic heterocycles. The van der Waals surface area contributed by atoms with E-state index in [9.17, 15) is 14.4 Å². The quantitative estimate of drug-likeness (QED) is 0.903. The molecule has 1 atom stereocenters. The first-order valence-corrected chi connectivity index (χ1v) is 7.08. The molecule has 7 heteroatoms. The highest BCUT2D eigenvalue weighted by atomic mass is 32.2. The Labute approximate surface area is 120 Å². The van der Waals surface area contributed by atoms with Gasteiger partial charge < -0.3 is 10.0 Å². The van der Waals surface area contributed by atoms with E-state index in [0.717, 1.165) is 0 Å². The van der Waals surface area contributed by atoms with Gasteiger partial charge in [-0.2, -0.15) is 0 Å². The van der Waals surface area contributed by atoms with Crippen molar-refractivity contribution in [3.8, 4) is 0 Å². The van der Waals surface area contributed by atoms with Crippen molar-refractivity contribution in [1.82, 2.24) is 4.98 Å². The van der Waals surface area contributed by atoms with E-state index in [1.807, 2.05) is 0 Å². The third-order valence-corrected chi connectivity index (χ3v) is 4.09. The van der Waals surface area contributed by atoms with Crippen LogP contribution >= 0.6 is 11.8 Å². The minimum atomic E-state index is -1.09. The zero-order valence-corrected chi connectivity index (χ0v) is 11.7. The minimum Gasteiger partial charge on any atom is -0.478 e. The molecule has 0 bridgehead atoms. The van der Waals surface area contributed by atoms with Crippen molar-refractivity contribution in [3.05, 3.63) is 24.0 Å². The van der Waals surface area contributed by atoms with Crippen molar-refractivity contribution in [2.45, 2.75) is 13.3 Å². The molecule has 1 aliphatic heterocycles. The highest BCUT2D eigenvalue weighted by molar-refractivity contribution is 8.13. The Morgan fingerprint density at radius 3 is 2.95 bits per heavy atom. The molecule has 1 N–H and O–H groups in total. The number of rotatable bonds is 4. The third-order valence-electron chi connectivity index (χ3n) is 3.05. The van der Waals surface area contributed by atoms with Gasteiger partial charge in [0, 0.05) is 31.8 Å². The van der Waals surface area contributed by atoms with Crippen molar-refractivity contribution in [1.29, 1.82) is 0 Å². The molecule has 1 fully saturated rings. The summed E-state index contributed by atoms with van der Waals surface area (Å²) in [7, 11) is 0. The Bertz CT molecular complexity index is 561. The lowest BCUT2D eigenvalue weighted by Crippen LogP contribution is -2.27. The number of aromatic nitrogens is 1. The standard InChI is InChI=1S/C13H14N2O4S/c1-8(16)20-7-9-4-12(17)15(6-9)11-5-14-3-2-10(11)13(18)19/h2-3,5,9H,4,6-7H2,1H3,(H,18,19). The number of hydrogen-bond donors (Lipinski definition) is 1. The summed E-state index contributed by atoms with van der Waals surface area (Å²) >= 11 is 1.19. The van der Waals surface area contributed by atoms with Crippen LogP contribution in [0.15, 0.2) is 18.5 Å². The van der Waals surface area contributed by atoms with Gasteiger partial charge in [0.2, 0.25) is 5.91 Å². The molecule has 1 amide bonds. The number of carboxylic acid groups (broad SMARTS) is 1. The zero-order valence-electron chi connectivity index (χ0n) is 10.9. The Morgan fingerprint density at radius 2 is 2.30 bits per heavy atom. The number of anilines is 1. The van der Waals surface area contributed by atoms with Gasteiger partial charge in [0.05, 0.1) is 17.4 Å². The molecular formula is C13H14N2O4S. The molecule has 1 saturated heterocycles. The van der Waals surface area contributed by atoms with Crippen LogP contribution in [0.1, 0.15) is 23.7 Å². The fourth-order valence-electron chi connectivity index (χ4n) is 2.14. The molecule has 0 saturated carbocycles. The van der Waals surface area contributed by atoms with E-state index >= 15 is 0 Å². The summed E-state index contributed by atoms with van der Waals surface area (Å²) in [4.78, 5) is 39.5. The maximum atomic E-state index is 12.0. The van der Waals surface area contributed by atoms with Crippen molar-refractivity contribution < 1.29 is 19.5 Å². The van der Waals surface area contributed by atoms with Crippen LogP contribution < -0.4 is 4.90 Å². The molecule has 0 aromatic carbocycles. The summed E-state index contributed by atoms with van der Waals surface area (Å²) in [5.41, 5.74) is 0.383. The second-order valence-corrected chi connectivity index (χ2v) is 5.77. The lowest BCUT2D eigenvalue weighted by Gasteiger charge is -2.18. The van der Waals surface area contributed by atoms with Gasteiger partial charge in [0.25, 0.3) is 0 Å². The van der Waals surface area contributed by atoms with E-state index in [-0.39, 0.29) is 22.5 Å². The van der Waals surface area contributed by atoms with E-state index < -0.39 is 5.97 Å². The van der Waals surface area contributed by atoms with Gasteiger partial charge in [-0.3, -0.25) is 14.6 Å². The average Bonchev–Trinajstić information content (AvgIpc) is 2.77. The maximum absolute atomic E-state index is 12.0. The van der Waals surface area contributed by atoms with Gasteiger partial charge >= 0.3 is 5.97 Å². The lowest BCUT2D eigenvalue weighted by atomic mass is 10.1. The highest BCUT2D eigenvalue weighted by Gasteiger charge is 2.32. The predicted octanol–water partition coefficient (Wildman–Crippen LogP) is 1.41. The first kappa shape index (κ1) is 14.5. The van der Waals surface area contributed by atoms with Crippen LogP contribution in [0.4, 0.5) is 5.69 Å². The van der Waals surface area contributed by atoms with Gasteiger partial charge in [-0.25, -0.2) is 4.79 Å². The number of nitrogens with zero attached hydrogens (tertiary/aromatic N) is 2. The molecule has 0 radical (unpaired) electrons. The van der Waals surface area contributed by atoms with Crippen LogP contribution in [0.2, 0.25) is 0 Å².